The van der Waals surface area contributed by atoms with E-state index in [0.717, 1.165) is 44.0 Å². The number of furan rings is 1. The number of likely N-dealkylation sites (tertiary alicyclic amines) is 1. The Morgan fingerprint density at radius 1 is 1.36 bits per heavy atom. The lowest BCUT2D eigenvalue weighted by molar-refractivity contribution is 0.0802. The molecule has 0 aliphatic carbocycles. The van der Waals surface area contributed by atoms with E-state index in [4.69, 9.17) is 16.0 Å². The molecule has 1 aromatic heterocycles. The van der Waals surface area contributed by atoms with Gasteiger partial charge in [-0.25, -0.2) is 0 Å². The van der Waals surface area contributed by atoms with Crippen molar-refractivity contribution in [2.24, 2.45) is 5.92 Å². The molecule has 3 nitrogen and oxygen atoms in total. The summed E-state index contributed by atoms with van der Waals surface area (Å²) in [7, 11) is 0. The maximum Gasteiger partial charge on any atom is 0.167 e. The fourth-order valence-corrected chi connectivity index (χ4v) is 3.27. The summed E-state index contributed by atoms with van der Waals surface area (Å²) < 4.78 is 5.64. The van der Waals surface area contributed by atoms with E-state index in [1.54, 1.807) is 12.1 Å². The summed E-state index contributed by atoms with van der Waals surface area (Å²) in [4.78, 5) is 14.9. The lowest BCUT2D eigenvalue weighted by atomic mass is 9.90. The maximum absolute atomic E-state index is 12.6. The molecule has 1 unspecified atom stereocenters. The average Bonchev–Trinajstić information content (AvgIpc) is 2.92. The predicted molar refractivity (Wildman–Crippen MR) is 87.2 cm³/mol. The number of rotatable bonds is 4. The van der Waals surface area contributed by atoms with E-state index in [-0.39, 0.29) is 11.7 Å². The summed E-state index contributed by atoms with van der Waals surface area (Å²) in [5, 5.41) is 0.615. The van der Waals surface area contributed by atoms with E-state index in [0.29, 0.717) is 10.6 Å². The molecule has 1 aliphatic heterocycles. The van der Waals surface area contributed by atoms with Crippen molar-refractivity contribution < 1.29 is 9.21 Å². The third-order valence-corrected chi connectivity index (χ3v) is 4.40. The normalized spacial score (nSPS) is 19.3. The first-order chi connectivity index (χ1) is 10.6. The van der Waals surface area contributed by atoms with Crippen molar-refractivity contribution in [3.63, 3.8) is 0 Å². The van der Waals surface area contributed by atoms with E-state index in [9.17, 15) is 4.79 Å². The monoisotopic (exact) mass is 317 g/mol. The third kappa shape index (κ3) is 3.60. The standard InChI is InChI=1S/C18H20ClNO2/c1-13-7-8-17(22-13)12-20-9-3-5-15(11-20)18(21)14-4-2-6-16(19)10-14/h2,4,6-8,10,15H,3,5,9,11-12H2,1H3. The molecule has 0 spiro atoms. The fourth-order valence-electron chi connectivity index (χ4n) is 3.08. The minimum absolute atomic E-state index is 0.0447. The van der Waals surface area contributed by atoms with Crippen molar-refractivity contribution in [1.82, 2.24) is 4.90 Å². The predicted octanol–water partition coefficient (Wildman–Crippen LogP) is 4.34. The van der Waals surface area contributed by atoms with Gasteiger partial charge in [-0.05, 0) is 50.6 Å². The summed E-state index contributed by atoms with van der Waals surface area (Å²) >= 11 is 5.99. The van der Waals surface area contributed by atoms with Crippen LogP contribution in [0.3, 0.4) is 0 Å². The van der Waals surface area contributed by atoms with Gasteiger partial charge in [-0.15, -0.1) is 0 Å². The second-order valence-corrected chi connectivity index (χ2v) is 6.40. The van der Waals surface area contributed by atoms with Crippen LogP contribution in [-0.4, -0.2) is 23.8 Å². The summed E-state index contributed by atoms with van der Waals surface area (Å²) in [6.07, 6.45) is 1.98. The Balaban J connectivity index is 1.66. The van der Waals surface area contributed by atoms with E-state index in [1.165, 1.54) is 0 Å². The summed E-state index contributed by atoms with van der Waals surface area (Å²) in [5.41, 5.74) is 0.716. The highest BCUT2D eigenvalue weighted by atomic mass is 35.5. The van der Waals surface area contributed by atoms with Crippen LogP contribution in [-0.2, 0) is 6.54 Å². The van der Waals surface area contributed by atoms with Crippen molar-refractivity contribution in [2.75, 3.05) is 13.1 Å². The molecule has 0 amide bonds. The van der Waals surface area contributed by atoms with Gasteiger partial charge in [0.2, 0.25) is 0 Å². The highest BCUT2D eigenvalue weighted by Gasteiger charge is 2.27. The van der Waals surface area contributed by atoms with E-state index in [2.05, 4.69) is 4.90 Å². The molecule has 3 rings (SSSR count). The van der Waals surface area contributed by atoms with Crippen LogP contribution in [0.2, 0.25) is 5.02 Å². The second-order valence-electron chi connectivity index (χ2n) is 5.96. The molecule has 4 heteroatoms. The lowest BCUT2D eigenvalue weighted by Crippen LogP contribution is -2.38. The fraction of sp³-hybridized carbons (Fsp3) is 0.389. The Labute approximate surface area is 135 Å². The zero-order chi connectivity index (χ0) is 15.5. The molecule has 22 heavy (non-hydrogen) atoms. The van der Waals surface area contributed by atoms with Crippen LogP contribution in [0, 0.1) is 12.8 Å². The maximum atomic E-state index is 12.6. The topological polar surface area (TPSA) is 33.5 Å². The van der Waals surface area contributed by atoms with Crippen molar-refractivity contribution in [2.45, 2.75) is 26.3 Å². The highest BCUT2D eigenvalue weighted by molar-refractivity contribution is 6.31. The van der Waals surface area contributed by atoms with Gasteiger partial charge in [-0.3, -0.25) is 9.69 Å². The molecule has 2 aromatic rings. The van der Waals surface area contributed by atoms with Crippen molar-refractivity contribution in [3.8, 4) is 0 Å². The van der Waals surface area contributed by atoms with Crippen molar-refractivity contribution in [1.29, 1.82) is 0 Å². The molecule has 0 saturated carbocycles. The number of aryl methyl sites for hydroxylation is 1. The van der Waals surface area contributed by atoms with Gasteiger partial charge in [0.25, 0.3) is 0 Å². The van der Waals surface area contributed by atoms with Gasteiger partial charge in [-0.1, -0.05) is 23.7 Å². The zero-order valence-electron chi connectivity index (χ0n) is 12.7. The number of piperidine rings is 1. The van der Waals surface area contributed by atoms with Gasteiger partial charge >= 0.3 is 0 Å². The molecule has 1 saturated heterocycles. The van der Waals surface area contributed by atoms with E-state index < -0.39 is 0 Å². The van der Waals surface area contributed by atoms with Crippen LogP contribution in [0.25, 0.3) is 0 Å². The van der Waals surface area contributed by atoms with Crippen LogP contribution >= 0.6 is 11.6 Å². The van der Waals surface area contributed by atoms with Gasteiger partial charge < -0.3 is 4.42 Å². The largest absolute Gasteiger partial charge is 0.465 e. The number of carbonyl (C=O) groups excluding carboxylic acids is 1. The third-order valence-electron chi connectivity index (χ3n) is 4.16. The van der Waals surface area contributed by atoms with Gasteiger partial charge in [0.15, 0.2) is 5.78 Å². The Morgan fingerprint density at radius 2 is 2.23 bits per heavy atom. The van der Waals surface area contributed by atoms with Gasteiger partial charge in [0, 0.05) is 23.0 Å². The minimum Gasteiger partial charge on any atom is -0.465 e. The van der Waals surface area contributed by atoms with Crippen LogP contribution in [0.4, 0.5) is 0 Å². The zero-order valence-corrected chi connectivity index (χ0v) is 13.5. The Bertz CT molecular complexity index is 665. The highest BCUT2D eigenvalue weighted by Crippen LogP contribution is 2.24. The number of halogens is 1. The molecule has 1 atom stereocenters. The molecule has 1 aliphatic rings. The average molecular weight is 318 g/mol. The quantitative estimate of drug-likeness (QED) is 0.787. The molecule has 1 aromatic carbocycles. The number of carbonyl (C=O) groups is 1. The van der Waals surface area contributed by atoms with Crippen LogP contribution in [0.5, 0.6) is 0 Å². The van der Waals surface area contributed by atoms with Crippen LogP contribution in [0.1, 0.15) is 34.7 Å². The summed E-state index contributed by atoms with van der Waals surface area (Å²) in [6.45, 7) is 4.52. The first kappa shape index (κ1) is 15.3. The molecule has 2 heterocycles. The van der Waals surface area contributed by atoms with Gasteiger partial charge in [-0.2, -0.15) is 0 Å². The van der Waals surface area contributed by atoms with Crippen molar-refractivity contribution in [3.05, 3.63) is 58.5 Å². The number of hydrogen-bond donors (Lipinski definition) is 0. The number of nitrogens with zero attached hydrogens (tertiary/aromatic N) is 1. The Morgan fingerprint density at radius 3 is 2.95 bits per heavy atom. The van der Waals surface area contributed by atoms with Gasteiger partial charge in [0.05, 0.1) is 6.54 Å². The number of benzene rings is 1. The number of Topliss-reactive ketones (excluding diaryl/α,β-unsaturated/α-hetero) is 1. The Hall–Kier alpha value is -1.58. The number of hydrogen-bond acceptors (Lipinski definition) is 3. The smallest absolute Gasteiger partial charge is 0.167 e. The molecular weight excluding hydrogens is 298 g/mol. The molecule has 0 N–H and O–H groups in total. The van der Waals surface area contributed by atoms with Crippen LogP contribution in [0.15, 0.2) is 40.8 Å². The Kier molecular flexibility index (Phi) is 4.65. The summed E-state index contributed by atoms with van der Waals surface area (Å²) in [5.74, 6) is 2.14. The molecule has 1 fully saturated rings. The lowest BCUT2D eigenvalue weighted by Gasteiger charge is -2.31. The first-order valence-electron chi connectivity index (χ1n) is 7.69. The summed E-state index contributed by atoms with van der Waals surface area (Å²) in [6, 6.07) is 11.2. The number of ketones is 1. The molecule has 0 bridgehead atoms. The van der Waals surface area contributed by atoms with Crippen molar-refractivity contribution >= 4 is 17.4 Å². The second kappa shape index (κ2) is 6.67. The molecule has 0 radical (unpaired) electrons. The van der Waals surface area contributed by atoms with Crippen LogP contribution < -0.4 is 0 Å². The van der Waals surface area contributed by atoms with E-state index in [1.807, 2.05) is 31.2 Å². The minimum atomic E-state index is 0.0447. The molecular formula is C18H20ClNO2. The van der Waals surface area contributed by atoms with E-state index >= 15 is 0 Å². The van der Waals surface area contributed by atoms with Gasteiger partial charge in [0.1, 0.15) is 11.5 Å². The molecule has 116 valence electrons. The first-order valence-corrected chi connectivity index (χ1v) is 8.07. The SMILES string of the molecule is Cc1ccc(CN2CCCC(C(=O)c3cccc(Cl)c3)C2)o1.